The summed E-state index contributed by atoms with van der Waals surface area (Å²) in [6.45, 7) is 25.6. The fourth-order valence-electron chi connectivity index (χ4n) is 10.4. The predicted octanol–water partition coefficient (Wildman–Crippen LogP) is 5.26. The van der Waals surface area contributed by atoms with Crippen molar-refractivity contribution in [2.45, 2.75) is 188 Å². The monoisotopic (exact) mass is 1200 g/mol. The van der Waals surface area contributed by atoms with Gasteiger partial charge in [0.15, 0.2) is 5.37 Å². The summed E-state index contributed by atoms with van der Waals surface area (Å²) in [5.41, 5.74) is 5.96. The number of amides is 8. The molecule has 1 heterocycles. The van der Waals surface area contributed by atoms with Crippen LogP contribution >= 0.6 is 11.8 Å². The van der Waals surface area contributed by atoms with Gasteiger partial charge in [0.2, 0.25) is 41.4 Å². The third-order valence-electron chi connectivity index (χ3n) is 15.8. The van der Waals surface area contributed by atoms with Crippen molar-refractivity contribution in [3.05, 3.63) is 42.0 Å². The topological polar surface area (TPSA) is 245 Å². The minimum atomic E-state index is -1.58. The lowest BCUT2D eigenvalue weighted by Crippen LogP contribution is -2.63. The average Bonchev–Trinajstić information content (AvgIpc) is 2.90. The van der Waals surface area contributed by atoms with E-state index in [0.29, 0.717) is 44.0 Å². The quantitative estimate of drug-likeness (QED) is 0.0441. The summed E-state index contributed by atoms with van der Waals surface area (Å²) in [5, 5.41) is 13.9. The molecule has 22 heteroatoms. The molecule has 0 bridgehead atoms. The van der Waals surface area contributed by atoms with Gasteiger partial charge in [0.1, 0.15) is 42.0 Å². The fourth-order valence-corrected chi connectivity index (χ4v) is 11.6. The molecule has 0 saturated carbocycles. The molecular weight excluding hydrogens is 1090 g/mol. The second kappa shape index (κ2) is 36.0. The van der Waals surface area contributed by atoms with E-state index in [1.807, 2.05) is 71.0 Å². The number of likely N-dealkylation sites (N-methyl/N-ethyl adjacent to an activating group) is 6. The molecule has 9 atom stereocenters. The molecule has 1 aromatic carbocycles. The van der Waals surface area contributed by atoms with Gasteiger partial charge >= 0.3 is 0 Å². The molecule has 0 unspecified atom stereocenters. The van der Waals surface area contributed by atoms with Gasteiger partial charge < -0.3 is 59.8 Å². The molecule has 0 aromatic heterocycles. The van der Waals surface area contributed by atoms with Crippen molar-refractivity contribution in [1.82, 2.24) is 39.6 Å². The number of nitrogens with one attached hydrogen (secondary N) is 1. The van der Waals surface area contributed by atoms with Crippen LogP contribution < -0.4 is 15.8 Å². The van der Waals surface area contributed by atoms with Gasteiger partial charge in [-0.3, -0.25) is 43.3 Å². The van der Waals surface area contributed by atoms with E-state index in [-0.39, 0.29) is 50.0 Å². The Kier molecular flexibility index (Phi) is 32.1. The number of nitrogens with two attached hydrogens (primary N) is 1. The minimum absolute atomic E-state index is 0.0265. The number of rotatable bonds is 36. The number of benzene rings is 1. The Labute approximate surface area is 507 Å². The van der Waals surface area contributed by atoms with E-state index in [0.717, 1.165) is 30.1 Å². The highest BCUT2D eigenvalue weighted by Crippen LogP contribution is 2.28. The first kappa shape index (κ1) is 74.8. The number of morpholine rings is 1. The fraction of sp³-hybridized carbons (Fsp3) is 0.742. The molecule has 0 aliphatic carbocycles. The number of aliphatic hydroxyl groups excluding tert-OH is 1. The van der Waals surface area contributed by atoms with Gasteiger partial charge in [0.25, 0.3) is 5.91 Å². The summed E-state index contributed by atoms with van der Waals surface area (Å²) in [5.74, 6) is -4.64. The molecule has 4 N–H and O–H groups in total. The molecule has 478 valence electrons. The van der Waals surface area contributed by atoms with Crippen molar-refractivity contribution < 1.29 is 57.7 Å². The summed E-state index contributed by atoms with van der Waals surface area (Å²) in [6.07, 6.45) is 4.03. The van der Waals surface area contributed by atoms with E-state index in [2.05, 4.69) is 10.2 Å². The van der Waals surface area contributed by atoms with Gasteiger partial charge in [-0.1, -0.05) is 86.6 Å². The van der Waals surface area contributed by atoms with Crippen LogP contribution in [0.2, 0.25) is 0 Å². The first-order valence-corrected chi connectivity index (χ1v) is 31.0. The van der Waals surface area contributed by atoms with Gasteiger partial charge in [0, 0.05) is 68.2 Å². The first-order chi connectivity index (χ1) is 39.3. The van der Waals surface area contributed by atoms with Crippen LogP contribution in [0, 0.1) is 23.7 Å². The first-order valence-electron chi connectivity index (χ1n) is 30.0. The SMILES string of the molecule is C/C=C/C[C@@H](C)[C@@H](O)[C@@H](C(=O)N[C@@H](CC)C(=O)N(C)[C@H](SCCCN1CCOCC1)C(=O)N(C)[C@@H](CC(C)(C)OCc1ccc(OC)cc1)C(N)=O)N(C)C(=O)[C@H](C(C)C)N(C)C(=O)[C@H](CC(C)C)N(C)C(=O)[C@H](CC(C)C)N(C)C(=O)CC. The Morgan fingerprint density at radius 3 is 1.79 bits per heavy atom. The van der Waals surface area contributed by atoms with Crippen LogP contribution in [-0.4, -0.2) is 228 Å². The summed E-state index contributed by atoms with van der Waals surface area (Å²) in [4.78, 5) is 126. The van der Waals surface area contributed by atoms with Crippen molar-refractivity contribution in [2.75, 3.05) is 88.0 Å². The molecule has 2 rings (SSSR count). The Balaban J connectivity index is 2.62. The van der Waals surface area contributed by atoms with Crippen molar-refractivity contribution in [1.29, 1.82) is 0 Å². The molecule has 1 aromatic rings. The number of allylic oxidation sites excluding steroid dienone is 2. The summed E-state index contributed by atoms with van der Waals surface area (Å²) >= 11 is 1.23. The number of aliphatic hydroxyl groups is 1. The Hall–Kier alpha value is -5.29. The number of hydrogen-bond donors (Lipinski definition) is 3. The maximum absolute atomic E-state index is 15.2. The molecule has 84 heavy (non-hydrogen) atoms. The number of carbonyl (C=O) groups excluding carboxylic acids is 8. The van der Waals surface area contributed by atoms with Gasteiger partial charge in [0.05, 0.1) is 38.6 Å². The molecule has 1 aliphatic heterocycles. The van der Waals surface area contributed by atoms with Crippen LogP contribution in [0.3, 0.4) is 0 Å². The van der Waals surface area contributed by atoms with E-state index in [4.69, 9.17) is 19.9 Å². The van der Waals surface area contributed by atoms with Gasteiger partial charge in [-0.05, 0) is 107 Å². The summed E-state index contributed by atoms with van der Waals surface area (Å²) < 4.78 is 17.1. The Morgan fingerprint density at radius 2 is 1.29 bits per heavy atom. The second-order valence-corrected chi connectivity index (χ2v) is 25.5. The lowest BCUT2D eigenvalue weighted by atomic mass is 9.91. The number of carbonyl (C=O) groups is 8. The second-order valence-electron chi connectivity index (χ2n) is 24.3. The Morgan fingerprint density at radius 1 is 0.750 bits per heavy atom. The maximum atomic E-state index is 15.2. The number of ether oxygens (including phenoxy) is 3. The van der Waals surface area contributed by atoms with Crippen LogP contribution in [0.25, 0.3) is 0 Å². The van der Waals surface area contributed by atoms with Crippen LogP contribution in [0.1, 0.15) is 134 Å². The molecule has 0 radical (unpaired) electrons. The lowest BCUT2D eigenvalue weighted by molar-refractivity contribution is -0.157. The highest BCUT2D eigenvalue weighted by molar-refractivity contribution is 8.00. The maximum Gasteiger partial charge on any atom is 0.256 e. The zero-order valence-corrected chi connectivity index (χ0v) is 55.2. The van der Waals surface area contributed by atoms with Crippen LogP contribution in [-0.2, 0) is 54.4 Å². The highest BCUT2D eigenvalue weighted by Gasteiger charge is 2.45. The normalized spacial score (nSPS) is 16.4. The van der Waals surface area contributed by atoms with Crippen LogP contribution in [0.15, 0.2) is 36.4 Å². The van der Waals surface area contributed by atoms with Crippen LogP contribution in [0.4, 0.5) is 0 Å². The molecule has 0 spiro atoms. The van der Waals surface area contributed by atoms with E-state index in [1.165, 1.54) is 64.5 Å². The minimum Gasteiger partial charge on any atom is -0.497 e. The number of nitrogens with zero attached hydrogens (tertiary/aromatic N) is 7. The Bertz CT molecular complexity index is 2300. The number of hydrogen-bond acceptors (Lipinski definition) is 14. The van der Waals surface area contributed by atoms with Crippen molar-refractivity contribution in [3.8, 4) is 5.75 Å². The van der Waals surface area contributed by atoms with Crippen LogP contribution in [0.5, 0.6) is 5.75 Å². The largest absolute Gasteiger partial charge is 0.497 e. The van der Waals surface area contributed by atoms with E-state index >= 15 is 9.59 Å². The van der Waals surface area contributed by atoms with Crippen molar-refractivity contribution in [2.24, 2.45) is 29.4 Å². The summed E-state index contributed by atoms with van der Waals surface area (Å²) in [7, 11) is 10.5. The zero-order chi connectivity index (χ0) is 63.9. The third-order valence-corrected chi connectivity index (χ3v) is 17.2. The number of primary amides is 1. The smallest absolute Gasteiger partial charge is 0.256 e. The van der Waals surface area contributed by atoms with E-state index in [9.17, 15) is 33.9 Å². The predicted molar refractivity (Wildman–Crippen MR) is 330 cm³/mol. The molecule has 21 nitrogen and oxygen atoms in total. The van der Waals surface area contributed by atoms with Gasteiger partial charge in [-0.2, -0.15) is 0 Å². The van der Waals surface area contributed by atoms with E-state index < -0.39 is 107 Å². The van der Waals surface area contributed by atoms with Gasteiger partial charge in [-0.15, -0.1) is 11.8 Å². The van der Waals surface area contributed by atoms with Gasteiger partial charge in [-0.25, -0.2) is 0 Å². The number of methoxy groups -OCH3 is 1. The van der Waals surface area contributed by atoms with E-state index in [1.54, 1.807) is 69.7 Å². The third kappa shape index (κ3) is 22.2. The highest BCUT2D eigenvalue weighted by atomic mass is 32.2. The van der Waals surface area contributed by atoms with Crippen molar-refractivity contribution >= 4 is 59.0 Å². The summed E-state index contributed by atoms with van der Waals surface area (Å²) in [6, 6.07) is 0.311. The molecule has 1 saturated heterocycles. The molecule has 1 fully saturated rings. The molecule has 8 amide bonds. The molecular formula is C62H107N9O12S. The molecule has 1 aliphatic rings. The lowest BCUT2D eigenvalue weighted by Gasteiger charge is -2.41. The average molecular weight is 1200 g/mol. The zero-order valence-electron chi connectivity index (χ0n) is 54.3. The standard InChI is InChI=1S/C62H107N9O12S/c1-20-23-25-43(10)53(73)52(69(17)59(79)51(42(8)9)68(16)58(78)48(37-41(6)7)66(14)57(77)47(36-40(4)5)65(13)50(72)22-3)55(75)64-46(21-2)56(76)70(18)61(84-35-24-30-71-31-33-82-34-32-71)60(80)67(15)49(54(63)74)38-62(11,12)83-39-44-26-28-45(81-19)29-27-44/h20,23,26-29,40-43,46-49,51-53,61,73H,21-22,24-25,30-39H2,1-19H3,(H2,63,74)(H,64,75)/b23-20+/t43-,46+,47+,48+,49+,51+,52+,53-,61-/m1/s1. The number of thioether (sulfide) groups is 1. The van der Waals surface area contributed by atoms with Crippen molar-refractivity contribution in [3.63, 3.8) is 0 Å².